The zero-order valence-electron chi connectivity index (χ0n) is 11.3. The van der Waals surface area contributed by atoms with E-state index in [0.717, 1.165) is 21.3 Å². The molecule has 3 rings (SSSR count). The molecular weight excluding hydrogens is 270 g/mol. The molecule has 5 nitrogen and oxygen atoms in total. The summed E-state index contributed by atoms with van der Waals surface area (Å²) < 4.78 is 0. The third-order valence-electron chi connectivity index (χ3n) is 3.17. The van der Waals surface area contributed by atoms with Crippen molar-refractivity contribution in [1.29, 1.82) is 0 Å². The minimum atomic E-state index is 0.0645. The summed E-state index contributed by atoms with van der Waals surface area (Å²) in [5.74, 6) is 0. The van der Waals surface area contributed by atoms with Gasteiger partial charge >= 0.3 is 0 Å². The van der Waals surface area contributed by atoms with Gasteiger partial charge in [-0.2, -0.15) is 5.10 Å². The highest BCUT2D eigenvalue weighted by molar-refractivity contribution is 7.14. The maximum atomic E-state index is 4.33. The third-order valence-corrected chi connectivity index (χ3v) is 4.19. The van der Waals surface area contributed by atoms with Crippen LogP contribution in [-0.2, 0) is 0 Å². The molecule has 0 saturated heterocycles. The van der Waals surface area contributed by atoms with Gasteiger partial charge in [0.25, 0.3) is 0 Å². The maximum Gasteiger partial charge on any atom is 0.151 e. The Bertz CT molecular complexity index is 688. The number of aromatic nitrogens is 4. The first kappa shape index (κ1) is 13.0. The van der Waals surface area contributed by atoms with Gasteiger partial charge in [-0.25, -0.2) is 0 Å². The molecule has 1 aromatic carbocycles. The summed E-state index contributed by atoms with van der Waals surface area (Å²) in [5, 5.41) is 20.7. The summed E-state index contributed by atoms with van der Waals surface area (Å²) in [6.07, 6.45) is 1.79. The predicted octanol–water partition coefficient (Wildman–Crippen LogP) is 2.55. The molecule has 6 heteroatoms. The molecule has 2 heterocycles. The second-order valence-electron chi connectivity index (χ2n) is 4.49. The zero-order chi connectivity index (χ0) is 13.9. The number of aromatic amines is 1. The van der Waals surface area contributed by atoms with Crippen molar-refractivity contribution >= 4 is 11.3 Å². The Balaban J connectivity index is 1.95. The predicted molar refractivity (Wildman–Crippen MR) is 79.6 cm³/mol. The average molecular weight is 285 g/mol. The standard InChI is InChI=1S/C14H15N5S/c1-9-11(8-16-17-9)13-18-19-14(20-13)12(15-2)10-6-4-3-5-7-10/h3-8,12,15H,1-2H3,(H,16,17). The fourth-order valence-electron chi connectivity index (χ4n) is 2.10. The summed E-state index contributed by atoms with van der Waals surface area (Å²) in [4.78, 5) is 0. The fraction of sp³-hybridized carbons (Fsp3) is 0.214. The highest BCUT2D eigenvalue weighted by atomic mass is 32.1. The van der Waals surface area contributed by atoms with Gasteiger partial charge in [0.05, 0.1) is 17.8 Å². The minimum Gasteiger partial charge on any atom is -0.307 e. The molecule has 0 amide bonds. The molecule has 0 aliphatic heterocycles. The first-order valence-corrected chi connectivity index (χ1v) is 7.17. The van der Waals surface area contributed by atoms with Gasteiger partial charge < -0.3 is 5.32 Å². The normalized spacial score (nSPS) is 12.5. The molecule has 3 aromatic rings. The van der Waals surface area contributed by atoms with Crippen molar-refractivity contribution in [3.8, 4) is 10.6 Å². The first-order valence-electron chi connectivity index (χ1n) is 6.35. The van der Waals surface area contributed by atoms with Gasteiger partial charge in [-0.1, -0.05) is 41.7 Å². The van der Waals surface area contributed by atoms with E-state index in [-0.39, 0.29) is 6.04 Å². The van der Waals surface area contributed by atoms with Crippen LogP contribution in [0, 0.1) is 6.92 Å². The van der Waals surface area contributed by atoms with E-state index in [0.29, 0.717) is 0 Å². The van der Waals surface area contributed by atoms with Crippen LogP contribution in [0.2, 0.25) is 0 Å². The van der Waals surface area contributed by atoms with Crippen LogP contribution in [0.5, 0.6) is 0 Å². The van der Waals surface area contributed by atoms with Crippen molar-refractivity contribution in [2.75, 3.05) is 7.05 Å². The Hall–Kier alpha value is -2.05. The summed E-state index contributed by atoms with van der Waals surface area (Å²) in [6.45, 7) is 1.98. The van der Waals surface area contributed by atoms with Gasteiger partial charge in [0, 0.05) is 5.69 Å². The Labute approximate surface area is 121 Å². The summed E-state index contributed by atoms with van der Waals surface area (Å²) in [5.41, 5.74) is 3.20. The lowest BCUT2D eigenvalue weighted by atomic mass is 10.1. The van der Waals surface area contributed by atoms with Crippen LogP contribution in [-0.4, -0.2) is 27.4 Å². The van der Waals surface area contributed by atoms with Crippen molar-refractivity contribution in [3.05, 3.63) is 52.8 Å². The van der Waals surface area contributed by atoms with E-state index in [4.69, 9.17) is 0 Å². The smallest absolute Gasteiger partial charge is 0.151 e. The van der Waals surface area contributed by atoms with Crippen LogP contribution in [0.25, 0.3) is 10.6 Å². The average Bonchev–Trinajstić information content (AvgIpc) is 3.10. The van der Waals surface area contributed by atoms with E-state index in [1.807, 2.05) is 32.2 Å². The molecule has 0 saturated carbocycles. The summed E-state index contributed by atoms with van der Waals surface area (Å²) >= 11 is 1.59. The van der Waals surface area contributed by atoms with Gasteiger partial charge in [-0.05, 0) is 19.5 Å². The number of aryl methyl sites for hydroxylation is 1. The van der Waals surface area contributed by atoms with E-state index in [9.17, 15) is 0 Å². The van der Waals surface area contributed by atoms with E-state index in [1.54, 1.807) is 17.5 Å². The number of benzene rings is 1. The lowest BCUT2D eigenvalue weighted by molar-refractivity contribution is 0.678. The molecule has 1 unspecified atom stereocenters. The summed E-state index contributed by atoms with van der Waals surface area (Å²) in [6, 6.07) is 10.3. The molecule has 1 atom stereocenters. The van der Waals surface area contributed by atoms with Gasteiger partial charge in [-0.3, -0.25) is 5.10 Å². The third kappa shape index (κ3) is 2.35. The van der Waals surface area contributed by atoms with Crippen molar-refractivity contribution in [2.45, 2.75) is 13.0 Å². The van der Waals surface area contributed by atoms with Gasteiger partial charge in [0.1, 0.15) is 5.01 Å². The molecular formula is C14H15N5S. The number of hydrogen-bond acceptors (Lipinski definition) is 5. The number of H-pyrrole nitrogens is 1. The monoisotopic (exact) mass is 285 g/mol. The largest absolute Gasteiger partial charge is 0.307 e. The molecule has 0 spiro atoms. The lowest BCUT2D eigenvalue weighted by Gasteiger charge is -2.12. The highest BCUT2D eigenvalue weighted by Gasteiger charge is 2.18. The molecule has 102 valence electrons. The van der Waals surface area contributed by atoms with Crippen molar-refractivity contribution < 1.29 is 0 Å². The Morgan fingerprint density at radius 1 is 1.20 bits per heavy atom. The Kier molecular flexibility index (Phi) is 3.58. The van der Waals surface area contributed by atoms with E-state index < -0.39 is 0 Å². The lowest BCUT2D eigenvalue weighted by Crippen LogP contribution is -2.17. The molecule has 0 aliphatic carbocycles. The number of hydrogen-bond donors (Lipinski definition) is 2. The Morgan fingerprint density at radius 2 is 2.00 bits per heavy atom. The quantitative estimate of drug-likeness (QED) is 0.773. The van der Waals surface area contributed by atoms with E-state index in [1.165, 1.54) is 5.56 Å². The van der Waals surface area contributed by atoms with Crippen LogP contribution < -0.4 is 5.32 Å². The van der Waals surface area contributed by atoms with E-state index >= 15 is 0 Å². The molecule has 0 bridgehead atoms. The molecule has 2 N–H and O–H groups in total. The van der Waals surface area contributed by atoms with Crippen LogP contribution >= 0.6 is 11.3 Å². The second kappa shape index (κ2) is 5.52. The van der Waals surface area contributed by atoms with Crippen LogP contribution in [0.3, 0.4) is 0 Å². The minimum absolute atomic E-state index is 0.0645. The van der Waals surface area contributed by atoms with Gasteiger partial charge in [0.2, 0.25) is 0 Å². The SMILES string of the molecule is CNC(c1ccccc1)c1nnc(-c2cn[nH]c2C)s1. The zero-order valence-corrected chi connectivity index (χ0v) is 12.1. The van der Waals surface area contributed by atoms with Crippen molar-refractivity contribution in [3.63, 3.8) is 0 Å². The van der Waals surface area contributed by atoms with Crippen LogP contribution in [0.1, 0.15) is 22.3 Å². The molecule has 0 fully saturated rings. The van der Waals surface area contributed by atoms with Crippen molar-refractivity contribution in [1.82, 2.24) is 25.7 Å². The van der Waals surface area contributed by atoms with E-state index in [2.05, 4.69) is 37.8 Å². The van der Waals surface area contributed by atoms with Crippen LogP contribution in [0.4, 0.5) is 0 Å². The molecule has 0 aliphatic rings. The van der Waals surface area contributed by atoms with Crippen molar-refractivity contribution in [2.24, 2.45) is 0 Å². The first-order chi connectivity index (χ1) is 9.79. The number of nitrogens with zero attached hydrogens (tertiary/aromatic N) is 3. The molecule has 20 heavy (non-hydrogen) atoms. The van der Waals surface area contributed by atoms with Crippen LogP contribution in [0.15, 0.2) is 36.5 Å². The Morgan fingerprint density at radius 3 is 2.65 bits per heavy atom. The van der Waals surface area contributed by atoms with Gasteiger partial charge in [-0.15, -0.1) is 10.2 Å². The highest BCUT2D eigenvalue weighted by Crippen LogP contribution is 2.30. The summed E-state index contributed by atoms with van der Waals surface area (Å²) in [7, 11) is 1.93. The number of nitrogens with one attached hydrogen (secondary N) is 2. The molecule has 2 aromatic heterocycles. The topological polar surface area (TPSA) is 66.5 Å². The fourth-order valence-corrected chi connectivity index (χ4v) is 3.15. The second-order valence-corrected chi connectivity index (χ2v) is 5.50. The maximum absolute atomic E-state index is 4.33. The van der Waals surface area contributed by atoms with Gasteiger partial charge in [0.15, 0.2) is 5.01 Å². The molecule has 0 radical (unpaired) electrons. The number of rotatable bonds is 4.